The summed E-state index contributed by atoms with van der Waals surface area (Å²) in [5.41, 5.74) is 0. The molecule has 0 saturated carbocycles. The van der Waals surface area contributed by atoms with E-state index < -0.39 is 0 Å². The van der Waals surface area contributed by atoms with E-state index >= 15 is 0 Å². The van der Waals surface area contributed by atoms with Crippen molar-refractivity contribution in [2.24, 2.45) is 0 Å². The van der Waals surface area contributed by atoms with E-state index in [0.717, 1.165) is 37.3 Å². The third kappa shape index (κ3) is 5.48. The largest absolute Gasteiger partial charge is 0.482 e. The molecule has 1 aliphatic rings. The van der Waals surface area contributed by atoms with Crippen molar-refractivity contribution in [2.75, 3.05) is 46.1 Å². The normalized spacial score (nSPS) is 15.8. The van der Waals surface area contributed by atoms with Crippen LogP contribution >= 0.6 is 15.9 Å². The molecule has 1 aliphatic heterocycles. The third-order valence-corrected chi connectivity index (χ3v) is 3.47. The Morgan fingerprint density at radius 1 is 1.25 bits per heavy atom. The number of benzene rings is 1. The minimum Gasteiger partial charge on any atom is -0.482 e. The predicted octanol–water partition coefficient (Wildman–Crippen LogP) is 1.70. The molecule has 0 atom stereocenters. The molecule has 6 heteroatoms. The Balaban J connectivity index is 1.59. The Morgan fingerprint density at radius 3 is 2.65 bits per heavy atom. The molecule has 0 aliphatic carbocycles. The summed E-state index contributed by atoms with van der Waals surface area (Å²) in [5.74, 6) is 0.305. The number of hydrogen-bond donors (Lipinski definition) is 0. The third-order valence-electron chi connectivity index (χ3n) is 2.94. The second-order valence-corrected chi connectivity index (χ2v) is 5.33. The zero-order valence-corrected chi connectivity index (χ0v) is 12.8. The van der Waals surface area contributed by atoms with Gasteiger partial charge in [0.25, 0.3) is 0 Å². The molecule has 0 N–H and O–H groups in total. The predicted molar refractivity (Wildman–Crippen MR) is 77.9 cm³/mol. The van der Waals surface area contributed by atoms with Crippen LogP contribution in [-0.4, -0.2) is 56.9 Å². The van der Waals surface area contributed by atoms with Gasteiger partial charge in [0.1, 0.15) is 12.4 Å². The van der Waals surface area contributed by atoms with E-state index in [1.807, 2.05) is 12.1 Å². The average molecular weight is 344 g/mol. The van der Waals surface area contributed by atoms with Crippen LogP contribution in [0.15, 0.2) is 28.7 Å². The number of hydrogen-bond acceptors (Lipinski definition) is 5. The molecular formula is C14H18BrNO4. The van der Waals surface area contributed by atoms with Crippen LogP contribution in [0, 0.1) is 0 Å². The molecule has 1 saturated heterocycles. The van der Waals surface area contributed by atoms with E-state index in [9.17, 15) is 4.79 Å². The summed E-state index contributed by atoms with van der Waals surface area (Å²) < 4.78 is 16.7. The molecular weight excluding hydrogens is 326 g/mol. The topological polar surface area (TPSA) is 48.0 Å². The molecule has 0 aromatic heterocycles. The van der Waals surface area contributed by atoms with Gasteiger partial charge < -0.3 is 14.2 Å². The fourth-order valence-electron chi connectivity index (χ4n) is 1.83. The van der Waals surface area contributed by atoms with E-state index in [4.69, 9.17) is 14.2 Å². The van der Waals surface area contributed by atoms with E-state index in [-0.39, 0.29) is 12.6 Å². The maximum absolute atomic E-state index is 11.5. The van der Waals surface area contributed by atoms with Crippen molar-refractivity contribution < 1.29 is 19.0 Å². The van der Waals surface area contributed by atoms with E-state index in [1.54, 1.807) is 12.1 Å². The van der Waals surface area contributed by atoms with Crippen molar-refractivity contribution in [1.29, 1.82) is 0 Å². The first-order valence-corrected chi connectivity index (χ1v) is 7.37. The smallest absolute Gasteiger partial charge is 0.344 e. The second kappa shape index (κ2) is 8.24. The summed E-state index contributed by atoms with van der Waals surface area (Å²) in [6, 6.07) is 7.31. The lowest BCUT2D eigenvalue weighted by Crippen LogP contribution is -2.38. The molecule has 1 heterocycles. The number of ether oxygens (including phenoxy) is 3. The number of morpholine rings is 1. The zero-order valence-electron chi connectivity index (χ0n) is 11.2. The first-order valence-electron chi connectivity index (χ1n) is 6.58. The van der Waals surface area contributed by atoms with Crippen molar-refractivity contribution in [3.63, 3.8) is 0 Å². The highest BCUT2D eigenvalue weighted by atomic mass is 79.9. The first-order chi connectivity index (χ1) is 9.74. The van der Waals surface area contributed by atoms with Gasteiger partial charge in [-0.05, 0) is 24.3 Å². The van der Waals surface area contributed by atoms with Crippen molar-refractivity contribution in [2.45, 2.75) is 0 Å². The summed E-state index contributed by atoms with van der Waals surface area (Å²) in [7, 11) is 0. The van der Waals surface area contributed by atoms with Gasteiger partial charge in [0.2, 0.25) is 0 Å². The Morgan fingerprint density at radius 2 is 1.95 bits per heavy atom. The Bertz CT molecular complexity index is 418. The van der Waals surface area contributed by atoms with E-state index in [1.165, 1.54) is 0 Å². The van der Waals surface area contributed by atoms with Gasteiger partial charge in [0, 0.05) is 24.1 Å². The lowest BCUT2D eigenvalue weighted by Gasteiger charge is -2.26. The van der Waals surface area contributed by atoms with Crippen LogP contribution in [-0.2, 0) is 14.3 Å². The SMILES string of the molecule is O=C(COc1ccc(Br)cc1)OCCN1CCOCC1. The number of nitrogens with zero attached hydrogens (tertiary/aromatic N) is 1. The fraction of sp³-hybridized carbons (Fsp3) is 0.500. The van der Waals surface area contributed by atoms with Crippen molar-refractivity contribution in [1.82, 2.24) is 4.90 Å². The van der Waals surface area contributed by atoms with Gasteiger partial charge in [-0.3, -0.25) is 4.90 Å². The van der Waals surface area contributed by atoms with Crippen LogP contribution < -0.4 is 4.74 Å². The van der Waals surface area contributed by atoms with Crippen molar-refractivity contribution in [3.8, 4) is 5.75 Å². The highest BCUT2D eigenvalue weighted by Crippen LogP contribution is 2.15. The molecule has 1 aromatic rings. The number of carbonyl (C=O) groups excluding carboxylic acids is 1. The van der Waals surface area contributed by atoms with Crippen LogP contribution in [0.4, 0.5) is 0 Å². The van der Waals surface area contributed by atoms with Crippen LogP contribution in [0.2, 0.25) is 0 Å². The van der Waals surface area contributed by atoms with Crippen LogP contribution in [0.25, 0.3) is 0 Å². The maximum Gasteiger partial charge on any atom is 0.344 e. The minimum atomic E-state index is -0.346. The molecule has 0 radical (unpaired) electrons. The Labute approximate surface area is 126 Å². The molecule has 0 spiro atoms. The maximum atomic E-state index is 11.5. The minimum absolute atomic E-state index is 0.0647. The summed E-state index contributed by atoms with van der Waals surface area (Å²) in [6.45, 7) is 4.36. The molecule has 0 bridgehead atoms. The van der Waals surface area contributed by atoms with Gasteiger partial charge in [-0.25, -0.2) is 4.79 Å². The van der Waals surface area contributed by atoms with Gasteiger partial charge >= 0.3 is 5.97 Å². The summed E-state index contributed by atoms with van der Waals surface area (Å²) in [6.07, 6.45) is 0. The summed E-state index contributed by atoms with van der Waals surface area (Å²) in [5, 5.41) is 0. The summed E-state index contributed by atoms with van der Waals surface area (Å²) in [4.78, 5) is 13.7. The number of esters is 1. The monoisotopic (exact) mass is 343 g/mol. The number of rotatable bonds is 6. The van der Waals surface area contributed by atoms with Gasteiger partial charge in [0.05, 0.1) is 13.2 Å². The highest BCUT2D eigenvalue weighted by molar-refractivity contribution is 9.10. The molecule has 5 nitrogen and oxygen atoms in total. The highest BCUT2D eigenvalue weighted by Gasteiger charge is 2.11. The van der Waals surface area contributed by atoms with Crippen LogP contribution in [0.5, 0.6) is 5.75 Å². The summed E-state index contributed by atoms with van der Waals surface area (Å²) >= 11 is 3.34. The lowest BCUT2D eigenvalue weighted by molar-refractivity contribution is -0.146. The standard InChI is InChI=1S/C14H18BrNO4/c15-12-1-3-13(4-2-12)20-11-14(17)19-10-7-16-5-8-18-9-6-16/h1-4H,5-11H2. The molecule has 2 rings (SSSR count). The van der Waals surface area contributed by atoms with Crippen molar-refractivity contribution >= 4 is 21.9 Å². The van der Waals surface area contributed by atoms with Gasteiger partial charge in [-0.1, -0.05) is 15.9 Å². The molecule has 1 aromatic carbocycles. The fourth-order valence-corrected chi connectivity index (χ4v) is 2.09. The average Bonchev–Trinajstić information content (AvgIpc) is 2.48. The number of halogens is 1. The second-order valence-electron chi connectivity index (χ2n) is 4.42. The zero-order chi connectivity index (χ0) is 14.2. The van der Waals surface area contributed by atoms with Crippen LogP contribution in [0.3, 0.4) is 0 Å². The van der Waals surface area contributed by atoms with Crippen LogP contribution in [0.1, 0.15) is 0 Å². The quantitative estimate of drug-likeness (QED) is 0.736. The molecule has 0 amide bonds. The molecule has 20 heavy (non-hydrogen) atoms. The molecule has 0 unspecified atom stereocenters. The molecule has 1 fully saturated rings. The van der Waals surface area contributed by atoms with E-state index in [0.29, 0.717) is 12.4 Å². The Kier molecular flexibility index (Phi) is 6.29. The Hall–Kier alpha value is -1.11. The molecule has 110 valence electrons. The lowest BCUT2D eigenvalue weighted by atomic mass is 10.3. The van der Waals surface area contributed by atoms with E-state index in [2.05, 4.69) is 20.8 Å². The first kappa shape index (κ1) is 15.3. The van der Waals surface area contributed by atoms with Gasteiger partial charge in [0.15, 0.2) is 6.61 Å². The van der Waals surface area contributed by atoms with Gasteiger partial charge in [-0.2, -0.15) is 0 Å². The van der Waals surface area contributed by atoms with Gasteiger partial charge in [-0.15, -0.1) is 0 Å². The number of carbonyl (C=O) groups is 1. The van der Waals surface area contributed by atoms with Crippen molar-refractivity contribution in [3.05, 3.63) is 28.7 Å².